The lowest BCUT2D eigenvalue weighted by molar-refractivity contribution is -0.135. The Morgan fingerprint density at radius 3 is 3.08 bits per heavy atom. The number of aryl methyl sites for hydroxylation is 1. The Labute approximate surface area is 140 Å². The van der Waals surface area contributed by atoms with Crippen LogP contribution < -0.4 is 4.74 Å². The maximum atomic E-state index is 12.8. The van der Waals surface area contributed by atoms with Gasteiger partial charge in [-0.25, -0.2) is 4.98 Å². The van der Waals surface area contributed by atoms with Gasteiger partial charge in [0.05, 0.1) is 18.7 Å². The molecule has 6 heteroatoms. The quantitative estimate of drug-likeness (QED) is 0.918. The van der Waals surface area contributed by atoms with E-state index in [1.165, 1.54) is 0 Å². The van der Waals surface area contributed by atoms with Gasteiger partial charge in [0, 0.05) is 24.0 Å². The highest BCUT2D eigenvalue weighted by Gasteiger charge is 2.29. The van der Waals surface area contributed by atoms with Gasteiger partial charge < -0.3 is 19.4 Å². The molecule has 0 spiro atoms. The van der Waals surface area contributed by atoms with Crippen molar-refractivity contribution in [3.05, 3.63) is 53.1 Å². The molecule has 1 amide bonds. The number of nitrogens with one attached hydrogen (secondary N) is 1. The lowest BCUT2D eigenvalue weighted by Gasteiger charge is -2.33. The smallest absolute Gasteiger partial charge is 0.253 e. The topological polar surface area (TPSA) is 67.5 Å². The molecule has 0 radical (unpaired) electrons. The van der Waals surface area contributed by atoms with E-state index in [2.05, 4.69) is 9.97 Å². The van der Waals surface area contributed by atoms with Crippen LogP contribution in [0.2, 0.25) is 0 Å². The molecule has 2 aromatic rings. The Kier molecular flexibility index (Phi) is 3.82. The number of rotatable bonds is 2. The van der Waals surface area contributed by atoms with Crippen LogP contribution in [0.4, 0.5) is 0 Å². The Morgan fingerprint density at radius 2 is 2.25 bits per heavy atom. The van der Waals surface area contributed by atoms with Crippen molar-refractivity contribution in [2.45, 2.75) is 13.0 Å². The third-order valence-electron chi connectivity index (χ3n) is 4.29. The first-order chi connectivity index (χ1) is 11.7. The first kappa shape index (κ1) is 15.0. The molecule has 0 saturated carbocycles. The zero-order valence-corrected chi connectivity index (χ0v) is 13.5. The molecule has 1 atom stereocenters. The number of ether oxygens (including phenoxy) is 2. The van der Waals surface area contributed by atoms with Gasteiger partial charge >= 0.3 is 0 Å². The monoisotopic (exact) mass is 325 g/mol. The number of para-hydroxylation sites is 1. The van der Waals surface area contributed by atoms with Gasteiger partial charge in [0.15, 0.2) is 0 Å². The van der Waals surface area contributed by atoms with Crippen LogP contribution in [-0.2, 0) is 9.53 Å². The molecule has 1 saturated heterocycles. The van der Waals surface area contributed by atoms with Crippen LogP contribution >= 0.6 is 0 Å². The fourth-order valence-corrected chi connectivity index (χ4v) is 3.04. The lowest BCUT2D eigenvalue weighted by Crippen LogP contribution is -2.44. The molecule has 4 rings (SSSR count). The summed E-state index contributed by atoms with van der Waals surface area (Å²) in [6.45, 7) is 3.82. The SMILES string of the molecule is Cc1cnc(C2CN(C(=O)C3=Cc4ccccc4OC3)CCO2)[nH]1. The summed E-state index contributed by atoms with van der Waals surface area (Å²) in [6.07, 6.45) is 3.48. The zero-order valence-electron chi connectivity index (χ0n) is 13.5. The van der Waals surface area contributed by atoms with Crippen molar-refractivity contribution in [1.82, 2.24) is 14.9 Å². The normalized spacial score (nSPS) is 20.1. The van der Waals surface area contributed by atoms with Gasteiger partial charge in [0.1, 0.15) is 24.3 Å². The summed E-state index contributed by atoms with van der Waals surface area (Å²) in [5.41, 5.74) is 2.60. The molecule has 1 fully saturated rings. The molecule has 0 bridgehead atoms. The third kappa shape index (κ3) is 2.80. The number of imidazole rings is 1. The second-order valence-electron chi connectivity index (χ2n) is 6.06. The first-order valence-corrected chi connectivity index (χ1v) is 8.05. The van der Waals surface area contributed by atoms with Crippen LogP contribution in [-0.4, -0.2) is 47.1 Å². The number of amides is 1. The summed E-state index contributed by atoms with van der Waals surface area (Å²) in [5, 5.41) is 0. The molecular weight excluding hydrogens is 306 g/mol. The summed E-state index contributed by atoms with van der Waals surface area (Å²) in [4.78, 5) is 22.2. The molecule has 1 aromatic carbocycles. The van der Waals surface area contributed by atoms with E-state index in [4.69, 9.17) is 9.47 Å². The minimum absolute atomic E-state index is 0.00100. The summed E-state index contributed by atoms with van der Waals surface area (Å²) in [7, 11) is 0. The van der Waals surface area contributed by atoms with E-state index in [-0.39, 0.29) is 12.0 Å². The molecule has 24 heavy (non-hydrogen) atoms. The Morgan fingerprint density at radius 1 is 1.38 bits per heavy atom. The number of morpholine rings is 1. The van der Waals surface area contributed by atoms with Crippen LogP contribution in [0.15, 0.2) is 36.0 Å². The number of hydrogen-bond donors (Lipinski definition) is 1. The van der Waals surface area contributed by atoms with E-state index in [0.717, 1.165) is 22.8 Å². The maximum absolute atomic E-state index is 12.8. The van der Waals surface area contributed by atoms with E-state index >= 15 is 0 Å². The second kappa shape index (κ2) is 6.13. The Bertz CT molecular complexity index is 796. The number of H-pyrrole nitrogens is 1. The van der Waals surface area contributed by atoms with Gasteiger partial charge in [-0.2, -0.15) is 0 Å². The largest absolute Gasteiger partial charge is 0.488 e. The highest BCUT2D eigenvalue weighted by atomic mass is 16.5. The van der Waals surface area contributed by atoms with Crippen LogP contribution in [0, 0.1) is 6.92 Å². The van der Waals surface area contributed by atoms with E-state index in [1.54, 1.807) is 6.20 Å². The molecule has 6 nitrogen and oxygen atoms in total. The highest BCUT2D eigenvalue weighted by Crippen LogP contribution is 2.27. The van der Waals surface area contributed by atoms with Crippen molar-refractivity contribution in [1.29, 1.82) is 0 Å². The Hall–Kier alpha value is -2.60. The fraction of sp³-hybridized carbons (Fsp3) is 0.333. The standard InChI is InChI=1S/C18H19N3O3/c1-12-9-19-17(20-12)16-10-21(6-7-23-16)18(22)14-8-13-4-2-3-5-15(13)24-11-14/h2-5,8-9,16H,6-7,10-11H2,1H3,(H,19,20). The van der Waals surface area contributed by atoms with E-state index < -0.39 is 0 Å². The van der Waals surface area contributed by atoms with Gasteiger partial charge in [-0.3, -0.25) is 4.79 Å². The number of aromatic amines is 1. The van der Waals surface area contributed by atoms with Crippen molar-refractivity contribution < 1.29 is 14.3 Å². The Balaban J connectivity index is 1.51. The third-order valence-corrected chi connectivity index (χ3v) is 4.29. The van der Waals surface area contributed by atoms with Crippen LogP contribution in [0.3, 0.4) is 0 Å². The zero-order chi connectivity index (χ0) is 16.5. The minimum Gasteiger partial charge on any atom is -0.488 e. The number of hydrogen-bond acceptors (Lipinski definition) is 4. The number of nitrogens with zero attached hydrogens (tertiary/aromatic N) is 2. The predicted octanol–water partition coefficient (Wildman–Crippen LogP) is 2.09. The second-order valence-corrected chi connectivity index (χ2v) is 6.06. The summed E-state index contributed by atoms with van der Waals surface area (Å²) in [6, 6.07) is 7.74. The molecule has 1 unspecified atom stereocenters. The minimum atomic E-state index is -0.214. The van der Waals surface area contributed by atoms with Crippen molar-refractivity contribution in [2.75, 3.05) is 26.3 Å². The number of fused-ring (bicyclic) bond motifs is 1. The highest BCUT2D eigenvalue weighted by molar-refractivity contribution is 5.99. The van der Waals surface area contributed by atoms with Gasteiger partial charge in [0.2, 0.25) is 0 Å². The summed E-state index contributed by atoms with van der Waals surface area (Å²) < 4.78 is 11.5. The van der Waals surface area contributed by atoms with Crippen molar-refractivity contribution in [3.8, 4) is 5.75 Å². The van der Waals surface area contributed by atoms with Gasteiger partial charge in [-0.05, 0) is 19.1 Å². The maximum Gasteiger partial charge on any atom is 0.253 e. The molecule has 0 aliphatic carbocycles. The van der Waals surface area contributed by atoms with Crippen LogP contribution in [0.5, 0.6) is 5.75 Å². The number of carbonyl (C=O) groups excluding carboxylic acids is 1. The molecule has 3 heterocycles. The van der Waals surface area contributed by atoms with Crippen LogP contribution in [0.1, 0.15) is 23.2 Å². The predicted molar refractivity (Wildman–Crippen MR) is 88.5 cm³/mol. The number of aromatic nitrogens is 2. The van der Waals surface area contributed by atoms with Crippen molar-refractivity contribution in [2.24, 2.45) is 0 Å². The fourth-order valence-electron chi connectivity index (χ4n) is 3.04. The van der Waals surface area contributed by atoms with E-state index in [1.807, 2.05) is 42.2 Å². The van der Waals surface area contributed by atoms with Crippen LogP contribution in [0.25, 0.3) is 6.08 Å². The lowest BCUT2D eigenvalue weighted by atomic mass is 10.1. The average Bonchev–Trinajstić information content (AvgIpc) is 3.07. The molecule has 1 N–H and O–H groups in total. The van der Waals surface area contributed by atoms with Gasteiger partial charge in [0.25, 0.3) is 5.91 Å². The van der Waals surface area contributed by atoms with E-state index in [0.29, 0.717) is 31.9 Å². The van der Waals surface area contributed by atoms with Crippen molar-refractivity contribution in [3.63, 3.8) is 0 Å². The average molecular weight is 325 g/mol. The van der Waals surface area contributed by atoms with E-state index in [9.17, 15) is 4.79 Å². The summed E-state index contributed by atoms with van der Waals surface area (Å²) in [5.74, 6) is 1.59. The van der Waals surface area contributed by atoms with Gasteiger partial charge in [-0.15, -0.1) is 0 Å². The molecule has 2 aliphatic heterocycles. The molecule has 2 aliphatic rings. The summed E-state index contributed by atoms with van der Waals surface area (Å²) >= 11 is 0. The molecule has 124 valence electrons. The number of carbonyl (C=O) groups is 1. The molecule has 1 aromatic heterocycles. The first-order valence-electron chi connectivity index (χ1n) is 8.05. The van der Waals surface area contributed by atoms with Gasteiger partial charge in [-0.1, -0.05) is 18.2 Å². The van der Waals surface area contributed by atoms with Crippen molar-refractivity contribution >= 4 is 12.0 Å². The number of benzene rings is 1. The molecular formula is C18H19N3O3.